The van der Waals surface area contributed by atoms with Crippen molar-refractivity contribution in [3.05, 3.63) is 46.1 Å². The van der Waals surface area contributed by atoms with Crippen molar-refractivity contribution in [3.63, 3.8) is 0 Å². The zero-order valence-electron chi connectivity index (χ0n) is 10.6. The van der Waals surface area contributed by atoms with Gasteiger partial charge in [-0.05, 0) is 54.0 Å². The number of ketones is 1. The molecule has 0 atom stereocenters. The third-order valence-electron chi connectivity index (χ3n) is 2.59. The molecule has 0 saturated carbocycles. The summed E-state index contributed by atoms with van der Waals surface area (Å²) in [5.41, 5.74) is 7.53. The number of nitrogens with two attached hydrogens (primary N) is 1. The smallest absolute Gasteiger partial charge is 0.222 e. The van der Waals surface area contributed by atoms with Gasteiger partial charge in [0.2, 0.25) is 5.88 Å². The summed E-state index contributed by atoms with van der Waals surface area (Å²) in [4.78, 5) is 15.8. The molecule has 98 valence electrons. The molecular weight excluding hydrogens is 308 g/mol. The summed E-state index contributed by atoms with van der Waals surface area (Å²) in [7, 11) is 0. The Labute approximate surface area is 119 Å². The molecule has 0 radical (unpaired) electrons. The molecule has 0 fully saturated rings. The number of benzene rings is 1. The molecule has 1 aromatic heterocycles. The van der Waals surface area contributed by atoms with E-state index < -0.39 is 0 Å². The molecule has 2 rings (SSSR count). The van der Waals surface area contributed by atoms with Crippen molar-refractivity contribution in [3.8, 4) is 11.6 Å². The number of aryl methyl sites for hydroxylation is 1. The SMILES string of the molecule is CC(=O)c1cc(N)ccc1Oc1ncc(Br)cc1C. The lowest BCUT2D eigenvalue weighted by Gasteiger charge is -2.11. The molecule has 1 heterocycles. The highest BCUT2D eigenvalue weighted by Crippen LogP contribution is 2.29. The average molecular weight is 321 g/mol. The number of carbonyl (C=O) groups is 1. The van der Waals surface area contributed by atoms with Crippen molar-refractivity contribution < 1.29 is 9.53 Å². The second kappa shape index (κ2) is 5.40. The lowest BCUT2D eigenvalue weighted by atomic mass is 10.1. The maximum atomic E-state index is 11.6. The second-order valence-electron chi connectivity index (χ2n) is 4.19. The molecule has 5 heteroatoms. The fourth-order valence-electron chi connectivity index (χ4n) is 1.65. The Morgan fingerprint density at radius 3 is 2.74 bits per heavy atom. The lowest BCUT2D eigenvalue weighted by Crippen LogP contribution is -2.00. The maximum absolute atomic E-state index is 11.6. The van der Waals surface area contributed by atoms with E-state index in [0.717, 1.165) is 10.0 Å². The molecule has 0 spiro atoms. The molecule has 4 nitrogen and oxygen atoms in total. The average Bonchev–Trinajstić information content (AvgIpc) is 2.34. The van der Waals surface area contributed by atoms with Gasteiger partial charge in [-0.3, -0.25) is 4.79 Å². The van der Waals surface area contributed by atoms with Gasteiger partial charge < -0.3 is 10.5 Å². The van der Waals surface area contributed by atoms with E-state index in [-0.39, 0.29) is 5.78 Å². The molecule has 0 bridgehead atoms. The van der Waals surface area contributed by atoms with E-state index in [1.54, 1.807) is 24.4 Å². The predicted molar refractivity (Wildman–Crippen MR) is 77.6 cm³/mol. The van der Waals surface area contributed by atoms with Crippen LogP contribution in [0, 0.1) is 6.92 Å². The largest absolute Gasteiger partial charge is 0.438 e. The van der Waals surface area contributed by atoms with Gasteiger partial charge in [0, 0.05) is 21.9 Å². The van der Waals surface area contributed by atoms with E-state index >= 15 is 0 Å². The van der Waals surface area contributed by atoms with Crippen LogP contribution in [-0.4, -0.2) is 10.8 Å². The number of nitrogens with zero attached hydrogens (tertiary/aromatic N) is 1. The Bertz CT molecular complexity index is 641. The first-order valence-electron chi connectivity index (χ1n) is 5.68. The standard InChI is InChI=1S/C14H13BrN2O2/c1-8-5-10(15)7-17-14(8)19-13-4-3-11(16)6-12(13)9(2)18/h3-7H,16H2,1-2H3. The summed E-state index contributed by atoms with van der Waals surface area (Å²) in [6.07, 6.45) is 1.65. The molecule has 2 aromatic rings. The van der Waals surface area contributed by atoms with Crippen molar-refractivity contribution in [2.24, 2.45) is 0 Å². The number of Topliss-reactive ketones (excluding diaryl/α,β-unsaturated/α-hetero) is 1. The first kappa shape index (κ1) is 13.5. The molecule has 0 aliphatic heterocycles. The highest BCUT2D eigenvalue weighted by molar-refractivity contribution is 9.10. The van der Waals surface area contributed by atoms with E-state index in [0.29, 0.717) is 22.9 Å². The molecular formula is C14H13BrN2O2. The fourth-order valence-corrected chi connectivity index (χ4v) is 2.10. The van der Waals surface area contributed by atoms with Crippen LogP contribution in [0.4, 0.5) is 5.69 Å². The molecule has 0 amide bonds. The van der Waals surface area contributed by atoms with Crippen LogP contribution in [0.15, 0.2) is 34.9 Å². The van der Waals surface area contributed by atoms with Crippen LogP contribution >= 0.6 is 15.9 Å². The highest BCUT2D eigenvalue weighted by atomic mass is 79.9. The topological polar surface area (TPSA) is 65.2 Å². The summed E-state index contributed by atoms with van der Waals surface area (Å²) in [5.74, 6) is 0.826. The third kappa shape index (κ3) is 3.12. The number of halogens is 1. The Hall–Kier alpha value is -1.88. The van der Waals surface area contributed by atoms with Gasteiger partial charge in [0.15, 0.2) is 5.78 Å². The van der Waals surface area contributed by atoms with Gasteiger partial charge in [0.25, 0.3) is 0 Å². The number of hydrogen-bond donors (Lipinski definition) is 1. The van der Waals surface area contributed by atoms with Gasteiger partial charge in [0.05, 0.1) is 5.56 Å². The number of aromatic nitrogens is 1. The molecule has 0 unspecified atom stereocenters. The van der Waals surface area contributed by atoms with Crippen molar-refractivity contribution in [1.82, 2.24) is 4.98 Å². The van der Waals surface area contributed by atoms with Gasteiger partial charge in [-0.15, -0.1) is 0 Å². The van der Waals surface area contributed by atoms with E-state index in [1.165, 1.54) is 6.92 Å². The van der Waals surface area contributed by atoms with Gasteiger partial charge in [-0.2, -0.15) is 0 Å². The molecule has 19 heavy (non-hydrogen) atoms. The van der Waals surface area contributed by atoms with Gasteiger partial charge in [0.1, 0.15) is 5.75 Å². The lowest BCUT2D eigenvalue weighted by molar-refractivity contribution is 0.101. The van der Waals surface area contributed by atoms with Crippen LogP contribution in [0.1, 0.15) is 22.8 Å². The Morgan fingerprint density at radius 1 is 1.37 bits per heavy atom. The summed E-state index contributed by atoms with van der Waals surface area (Å²) < 4.78 is 6.58. The zero-order chi connectivity index (χ0) is 14.0. The quantitative estimate of drug-likeness (QED) is 0.691. The van der Waals surface area contributed by atoms with Crippen molar-refractivity contribution in [2.75, 3.05) is 5.73 Å². The monoisotopic (exact) mass is 320 g/mol. The number of carbonyl (C=O) groups excluding carboxylic acids is 1. The molecule has 0 saturated heterocycles. The fraction of sp³-hybridized carbons (Fsp3) is 0.143. The summed E-state index contributed by atoms with van der Waals surface area (Å²) in [6.45, 7) is 3.36. The third-order valence-corrected chi connectivity index (χ3v) is 3.02. The van der Waals surface area contributed by atoms with Gasteiger partial charge in [-0.25, -0.2) is 4.98 Å². The van der Waals surface area contributed by atoms with Gasteiger partial charge in [-0.1, -0.05) is 0 Å². The highest BCUT2D eigenvalue weighted by Gasteiger charge is 2.12. The number of nitrogen functional groups attached to an aromatic ring is 1. The minimum absolute atomic E-state index is 0.0999. The van der Waals surface area contributed by atoms with Crippen LogP contribution in [0.5, 0.6) is 11.6 Å². The number of anilines is 1. The molecule has 0 aliphatic carbocycles. The van der Waals surface area contributed by atoms with Crippen LogP contribution < -0.4 is 10.5 Å². The van der Waals surface area contributed by atoms with Gasteiger partial charge >= 0.3 is 0 Å². The first-order valence-corrected chi connectivity index (χ1v) is 6.47. The zero-order valence-corrected chi connectivity index (χ0v) is 12.2. The van der Waals surface area contributed by atoms with Crippen LogP contribution in [0.2, 0.25) is 0 Å². The summed E-state index contributed by atoms with van der Waals surface area (Å²) in [6, 6.07) is 6.87. The van der Waals surface area contributed by atoms with E-state index in [4.69, 9.17) is 10.5 Å². The Morgan fingerprint density at radius 2 is 2.11 bits per heavy atom. The molecule has 0 aliphatic rings. The number of hydrogen-bond acceptors (Lipinski definition) is 4. The molecule has 1 aromatic carbocycles. The van der Waals surface area contributed by atoms with Crippen LogP contribution in [-0.2, 0) is 0 Å². The normalized spacial score (nSPS) is 10.3. The Balaban J connectivity index is 2.40. The maximum Gasteiger partial charge on any atom is 0.222 e. The summed E-state index contributed by atoms with van der Waals surface area (Å²) in [5, 5.41) is 0. The minimum atomic E-state index is -0.0999. The number of rotatable bonds is 3. The van der Waals surface area contributed by atoms with E-state index in [2.05, 4.69) is 20.9 Å². The van der Waals surface area contributed by atoms with Crippen LogP contribution in [0.3, 0.4) is 0 Å². The van der Waals surface area contributed by atoms with Crippen molar-refractivity contribution >= 4 is 27.4 Å². The second-order valence-corrected chi connectivity index (χ2v) is 5.11. The number of pyridine rings is 1. The summed E-state index contributed by atoms with van der Waals surface area (Å²) >= 11 is 3.34. The van der Waals surface area contributed by atoms with Crippen molar-refractivity contribution in [1.29, 1.82) is 0 Å². The van der Waals surface area contributed by atoms with Crippen molar-refractivity contribution in [2.45, 2.75) is 13.8 Å². The Kier molecular flexibility index (Phi) is 3.85. The molecule has 2 N–H and O–H groups in total. The van der Waals surface area contributed by atoms with E-state index in [1.807, 2.05) is 13.0 Å². The number of ether oxygens (including phenoxy) is 1. The first-order chi connectivity index (χ1) is 8.97. The van der Waals surface area contributed by atoms with E-state index in [9.17, 15) is 4.79 Å². The predicted octanol–water partition coefficient (Wildman–Crippen LogP) is 3.73. The van der Waals surface area contributed by atoms with Crippen LogP contribution in [0.25, 0.3) is 0 Å². The minimum Gasteiger partial charge on any atom is -0.438 e.